The number of methoxy groups -OCH3 is 2. The number of benzene rings is 1. The van der Waals surface area contributed by atoms with Crippen molar-refractivity contribution in [3.05, 3.63) is 36.2 Å². The van der Waals surface area contributed by atoms with Crippen molar-refractivity contribution in [2.24, 2.45) is 4.99 Å². The van der Waals surface area contributed by atoms with Crippen LogP contribution < -0.4 is 20.1 Å². The van der Waals surface area contributed by atoms with E-state index in [1.807, 2.05) is 31.2 Å². The third-order valence-corrected chi connectivity index (χ3v) is 2.96. The maximum Gasteiger partial charge on any atom is 0.196 e. The average Bonchev–Trinajstić information content (AvgIpc) is 3.06. The lowest BCUT2D eigenvalue weighted by Crippen LogP contribution is -2.30. The Morgan fingerprint density at radius 2 is 2.05 bits per heavy atom. The molecule has 2 rings (SSSR count). The van der Waals surface area contributed by atoms with Gasteiger partial charge in [0.05, 0.1) is 26.5 Å². The van der Waals surface area contributed by atoms with Crippen LogP contribution in [0.4, 0.5) is 5.69 Å². The minimum atomic E-state index is 0.516. The Morgan fingerprint density at radius 1 is 1.23 bits per heavy atom. The van der Waals surface area contributed by atoms with Gasteiger partial charge in [0, 0.05) is 24.5 Å². The Bertz CT molecular complexity index is 610. The van der Waals surface area contributed by atoms with Crippen molar-refractivity contribution in [1.29, 1.82) is 0 Å². The highest BCUT2D eigenvalue weighted by atomic mass is 16.5. The molecule has 0 saturated heterocycles. The highest BCUT2D eigenvalue weighted by Crippen LogP contribution is 2.29. The molecule has 0 amide bonds. The van der Waals surface area contributed by atoms with Crippen molar-refractivity contribution < 1.29 is 9.47 Å². The number of aliphatic imine (C=N–C) groups is 1. The van der Waals surface area contributed by atoms with E-state index in [0.29, 0.717) is 24.0 Å². The first kappa shape index (κ1) is 15.7. The monoisotopic (exact) mass is 303 g/mol. The van der Waals surface area contributed by atoms with Gasteiger partial charge in [0.15, 0.2) is 17.5 Å². The van der Waals surface area contributed by atoms with Crippen LogP contribution in [0.1, 0.15) is 12.6 Å². The predicted octanol–water partition coefficient (Wildman–Crippen LogP) is 2.00. The molecule has 0 atom stereocenters. The Hall–Kier alpha value is -2.70. The van der Waals surface area contributed by atoms with Gasteiger partial charge in [-0.3, -0.25) is 5.10 Å². The number of guanidine groups is 1. The average molecular weight is 303 g/mol. The molecular weight excluding hydrogens is 282 g/mol. The first-order valence-electron chi connectivity index (χ1n) is 7.02. The lowest BCUT2D eigenvalue weighted by atomic mass is 10.3. The SMILES string of the molecule is CCNC(=NCc1ccn[nH]1)Nc1ccc(OC)c(OC)c1. The van der Waals surface area contributed by atoms with Gasteiger partial charge in [0.2, 0.25) is 0 Å². The van der Waals surface area contributed by atoms with E-state index >= 15 is 0 Å². The van der Waals surface area contributed by atoms with Gasteiger partial charge in [-0.25, -0.2) is 4.99 Å². The summed E-state index contributed by atoms with van der Waals surface area (Å²) in [5.74, 6) is 2.04. The van der Waals surface area contributed by atoms with Crippen molar-refractivity contribution in [3.63, 3.8) is 0 Å². The fourth-order valence-corrected chi connectivity index (χ4v) is 1.89. The zero-order valence-corrected chi connectivity index (χ0v) is 13.0. The molecule has 3 N–H and O–H groups in total. The minimum absolute atomic E-state index is 0.516. The fourth-order valence-electron chi connectivity index (χ4n) is 1.89. The Kier molecular flexibility index (Phi) is 5.65. The van der Waals surface area contributed by atoms with Crippen LogP contribution >= 0.6 is 0 Å². The summed E-state index contributed by atoms with van der Waals surface area (Å²) < 4.78 is 10.5. The van der Waals surface area contributed by atoms with Gasteiger partial charge in [0.25, 0.3) is 0 Å². The van der Waals surface area contributed by atoms with Crippen LogP contribution in [0.15, 0.2) is 35.5 Å². The first-order valence-corrected chi connectivity index (χ1v) is 7.02. The van der Waals surface area contributed by atoms with Crippen LogP contribution in [0.25, 0.3) is 0 Å². The van der Waals surface area contributed by atoms with E-state index in [1.165, 1.54) is 0 Å². The molecule has 0 saturated carbocycles. The van der Waals surface area contributed by atoms with Crippen molar-refractivity contribution in [1.82, 2.24) is 15.5 Å². The third-order valence-electron chi connectivity index (χ3n) is 2.96. The number of rotatable bonds is 6. The molecule has 118 valence electrons. The van der Waals surface area contributed by atoms with Crippen LogP contribution in [0.2, 0.25) is 0 Å². The second-order valence-electron chi connectivity index (χ2n) is 4.47. The smallest absolute Gasteiger partial charge is 0.196 e. The number of aromatic nitrogens is 2. The number of nitrogens with one attached hydrogen (secondary N) is 3. The molecule has 22 heavy (non-hydrogen) atoms. The minimum Gasteiger partial charge on any atom is -0.493 e. The number of hydrogen-bond acceptors (Lipinski definition) is 4. The lowest BCUT2D eigenvalue weighted by Gasteiger charge is -2.13. The summed E-state index contributed by atoms with van der Waals surface area (Å²) in [6.07, 6.45) is 1.71. The normalized spacial score (nSPS) is 11.1. The van der Waals surface area contributed by atoms with E-state index in [4.69, 9.17) is 9.47 Å². The van der Waals surface area contributed by atoms with Crippen molar-refractivity contribution in [2.75, 3.05) is 26.1 Å². The van der Waals surface area contributed by atoms with E-state index in [1.54, 1.807) is 20.4 Å². The maximum atomic E-state index is 5.30. The largest absolute Gasteiger partial charge is 0.493 e. The Labute approximate surface area is 129 Å². The topological polar surface area (TPSA) is 83.6 Å². The molecule has 0 unspecified atom stereocenters. The van der Waals surface area contributed by atoms with E-state index in [0.717, 1.165) is 17.9 Å². The number of nitrogens with zero attached hydrogens (tertiary/aromatic N) is 2. The molecule has 0 spiro atoms. The summed E-state index contributed by atoms with van der Waals surface area (Å²) in [5, 5.41) is 13.2. The first-order chi connectivity index (χ1) is 10.8. The summed E-state index contributed by atoms with van der Waals surface area (Å²) in [6.45, 7) is 3.30. The molecule has 1 aromatic heterocycles. The number of hydrogen-bond donors (Lipinski definition) is 3. The molecule has 7 heteroatoms. The molecule has 7 nitrogen and oxygen atoms in total. The molecule has 0 fully saturated rings. The van der Waals surface area contributed by atoms with Crippen molar-refractivity contribution >= 4 is 11.6 Å². The van der Waals surface area contributed by atoms with Gasteiger partial charge < -0.3 is 20.1 Å². The van der Waals surface area contributed by atoms with E-state index < -0.39 is 0 Å². The van der Waals surface area contributed by atoms with Crippen LogP contribution in [-0.2, 0) is 6.54 Å². The number of H-pyrrole nitrogens is 1. The van der Waals surface area contributed by atoms with Gasteiger partial charge in [-0.1, -0.05) is 0 Å². The summed E-state index contributed by atoms with van der Waals surface area (Å²) >= 11 is 0. The number of aromatic amines is 1. The van der Waals surface area contributed by atoms with Crippen LogP contribution in [0, 0.1) is 0 Å². The molecule has 1 aromatic carbocycles. The molecular formula is C15H21N5O2. The van der Waals surface area contributed by atoms with Crippen LogP contribution in [-0.4, -0.2) is 36.9 Å². The lowest BCUT2D eigenvalue weighted by molar-refractivity contribution is 0.355. The van der Waals surface area contributed by atoms with Crippen molar-refractivity contribution in [2.45, 2.75) is 13.5 Å². The number of ether oxygens (including phenoxy) is 2. The molecule has 0 aliphatic carbocycles. The van der Waals surface area contributed by atoms with E-state index in [2.05, 4.69) is 25.8 Å². The fraction of sp³-hybridized carbons (Fsp3) is 0.333. The molecule has 0 aliphatic heterocycles. The summed E-state index contributed by atoms with van der Waals surface area (Å²) in [4.78, 5) is 4.50. The Balaban J connectivity index is 2.11. The van der Waals surface area contributed by atoms with E-state index in [9.17, 15) is 0 Å². The summed E-state index contributed by atoms with van der Waals surface area (Å²) in [6, 6.07) is 7.51. The summed E-state index contributed by atoms with van der Waals surface area (Å²) in [5.41, 5.74) is 1.81. The van der Waals surface area contributed by atoms with Gasteiger partial charge in [-0.2, -0.15) is 5.10 Å². The molecule has 0 aliphatic rings. The molecule has 0 bridgehead atoms. The second-order valence-corrected chi connectivity index (χ2v) is 4.47. The van der Waals surface area contributed by atoms with Gasteiger partial charge >= 0.3 is 0 Å². The van der Waals surface area contributed by atoms with E-state index in [-0.39, 0.29) is 0 Å². The predicted molar refractivity (Wildman–Crippen MR) is 86.6 cm³/mol. The highest BCUT2D eigenvalue weighted by molar-refractivity contribution is 5.93. The standard InChI is InChI=1S/C15H21N5O2/c1-4-16-15(17-10-12-7-8-18-20-12)19-11-5-6-13(21-2)14(9-11)22-3/h5-9H,4,10H2,1-3H3,(H,18,20)(H2,16,17,19). The van der Waals surface area contributed by atoms with Crippen LogP contribution in [0.3, 0.4) is 0 Å². The molecule has 1 heterocycles. The highest BCUT2D eigenvalue weighted by Gasteiger charge is 2.06. The van der Waals surface area contributed by atoms with Gasteiger partial charge in [-0.15, -0.1) is 0 Å². The van der Waals surface area contributed by atoms with Crippen molar-refractivity contribution in [3.8, 4) is 11.5 Å². The zero-order valence-electron chi connectivity index (χ0n) is 13.0. The molecule has 0 radical (unpaired) electrons. The zero-order chi connectivity index (χ0) is 15.8. The third kappa shape index (κ3) is 4.15. The Morgan fingerprint density at radius 3 is 2.68 bits per heavy atom. The summed E-state index contributed by atoms with van der Waals surface area (Å²) in [7, 11) is 3.22. The number of anilines is 1. The second kappa shape index (κ2) is 7.92. The quantitative estimate of drug-likeness (QED) is 0.561. The van der Waals surface area contributed by atoms with Crippen LogP contribution in [0.5, 0.6) is 11.5 Å². The van der Waals surface area contributed by atoms with Gasteiger partial charge in [-0.05, 0) is 25.1 Å². The maximum absolute atomic E-state index is 5.30. The van der Waals surface area contributed by atoms with Gasteiger partial charge in [0.1, 0.15) is 0 Å². The molecule has 2 aromatic rings.